The molecule has 4 unspecified atom stereocenters. The third-order valence-corrected chi connectivity index (χ3v) is 8.35. The van der Waals surface area contributed by atoms with Crippen molar-refractivity contribution in [2.24, 2.45) is 11.3 Å². The number of carbonyl (C=O) groups excluding carboxylic acids is 1. The second kappa shape index (κ2) is 9.55. The molecule has 7 heteroatoms. The molecule has 1 aromatic heterocycles. The van der Waals surface area contributed by atoms with E-state index in [9.17, 15) is 9.90 Å². The molecule has 5 rings (SSSR count). The minimum absolute atomic E-state index is 0.0537. The highest BCUT2D eigenvalue weighted by molar-refractivity contribution is 6.30. The number of halogens is 1. The fraction of sp³-hybridized carbons (Fsp3) is 0.536. The molecule has 6 nitrogen and oxygen atoms in total. The Kier molecular flexibility index (Phi) is 6.62. The summed E-state index contributed by atoms with van der Waals surface area (Å²) >= 11 is 6.49. The standard InChI is InChI=1S/C28H33ClN2O4/c1-4-28(10-11-32)15-19(33)12-18-13-22-20(25(18)28)6-5-7-21(22)26-30-27(35-31-26)17-8-9-24(23(29)14-17)34-16(2)3/h5-9,16-18,25,32H,4,10-15H2,1-3H3. The maximum absolute atomic E-state index is 12.7. The molecule has 1 fully saturated rings. The van der Waals surface area contributed by atoms with Crippen molar-refractivity contribution in [1.82, 2.24) is 10.1 Å². The summed E-state index contributed by atoms with van der Waals surface area (Å²) in [6.07, 6.45) is 7.99. The first-order valence-electron chi connectivity index (χ1n) is 12.7. The molecule has 0 amide bonds. The summed E-state index contributed by atoms with van der Waals surface area (Å²) in [4.78, 5) is 17.5. The fourth-order valence-electron chi connectivity index (χ4n) is 6.52. The number of hydrogen-bond acceptors (Lipinski definition) is 6. The van der Waals surface area contributed by atoms with Gasteiger partial charge in [0.25, 0.3) is 0 Å². The van der Waals surface area contributed by atoms with Gasteiger partial charge in [-0.05, 0) is 67.6 Å². The number of carbonyl (C=O) groups is 1. The molecule has 1 N–H and O–H groups in total. The van der Waals surface area contributed by atoms with E-state index in [1.807, 2.05) is 32.1 Å². The Morgan fingerprint density at radius 2 is 2.11 bits per heavy atom. The van der Waals surface area contributed by atoms with E-state index in [0.29, 0.717) is 54.0 Å². The van der Waals surface area contributed by atoms with Crippen molar-refractivity contribution in [3.63, 3.8) is 0 Å². The van der Waals surface area contributed by atoms with Crippen LogP contribution in [0.4, 0.5) is 0 Å². The van der Waals surface area contributed by atoms with Gasteiger partial charge in [-0.15, -0.1) is 0 Å². The largest absolute Gasteiger partial charge is 0.490 e. The summed E-state index contributed by atoms with van der Waals surface area (Å²) in [6.45, 7) is 6.19. The average molecular weight is 497 g/mol. The van der Waals surface area contributed by atoms with E-state index in [1.54, 1.807) is 0 Å². The van der Waals surface area contributed by atoms with Crippen LogP contribution in [0.3, 0.4) is 0 Å². The van der Waals surface area contributed by atoms with Crippen molar-refractivity contribution in [1.29, 1.82) is 0 Å². The van der Waals surface area contributed by atoms with Gasteiger partial charge in [0, 0.05) is 31.4 Å². The molecule has 0 bridgehead atoms. The maximum Gasteiger partial charge on any atom is 0.234 e. The summed E-state index contributed by atoms with van der Waals surface area (Å²) < 4.78 is 11.5. The number of ether oxygens (including phenoxy) is 1. The first-order valence-corrected chi connectivity index (χ1v) is 13.0. The highest BCUT2D eigenvalue weighted by Gasteiger charge is 2.51. The molecule has 2 aromatic rings. The Morgan fingerprint density at radius 3 is 2.83 bits per heavy atom. The molecule has 35 heavy (non-hydrogen) atoms. The summed E-state index contributed by atoms with van der Waals surface area (Å²) in [5.74, 6) is 2.54. The number of hydrogen-bond donors (Lipinski definition) is 1. The van der Waals surface area contributed by atoms with Gasteiger partial charge in [0.1, 0.15) is 11.5 Å². The molecule has 186 valence electrons. The Hall–Kier alpha value is -2.44. The Balaban J connectivity index is 1.45. The topological polar surface area (TPSA) is 85.5 Å². The van der Waals surface area contributed by atoms with Crippen molar-refractivity contribution in [3.05, 3.63) is 58.2 Å². The van der Waals surface area contributed by atoms with Gasteiger partial charge in [-0.1, -0.05) is 48.0 Å². The average Bonchev–Trinajstić information content (AvgIpc) is 3.45. The first-order chi connectivity index (χ1) is 16.8. The first kappa shape index (κ1) is 24.3. The molecule has 3 aliphatic rings. The van der Waals surface area contributed by atoms with Crippen LogP contribution in [-0.2, 0) is 16.0 Å². The number of Topliss-reactive ketones (excluding diaryl/α,β-unsaturated/α-hetero) is 1. The van der Waals surface area contributed by atoms with E-state index in [2.05, 4.69) is 24.2 Å². The predicted molar refractivity (Wildman–Crippen MR) is 134 cm³/mol. The van der Waals surface area contributed by atoms with E-state index in [1.165, 1.54) is 11.1 Å². The van der Waals surface area contributed by atoms with Gasteiger partial charge in [-0.25, -0.2) is 0 Å². The van der Waals surface area contributed by atoms with Crippen LogP contribution in [0, 0.1) is 11.3 Å². The maximum atomic E-state index is 12.7. The summed E-state index contributed by atoms with van der Waals surface area (Å²) in [5, 5.41) is 14.8. The molecule has 1 aromatic carbocycles. The van der Waals surface area contributed by atoms with Crippen molar-refractivity contribution in [2.75, 3.05) is 6.61 Å². The van der Waals surface area contributed by atoms with Crippen LogP contribution in [0.15, 0.2) is 45.7 Å². The molecule has 3 aliphatic carbocycles. The predicted octanol–water partition coefficient (Wildman–Crippen LogP) is 6.05. The summed E-state index contributed by atoms with van der Waals surface area (Å²) in [7, 11) is 0. The van der Waals surface area contributed by atoms with E-state index >= 15 is 0 Å². The van der Waals surface area contributed by atoms with Gasteiger partial charge in [-0.2, -0.15) is 4.98 Å². The molecule has 4 atom stereocenters. The second-order valence-electron chi connectivity index (χ2n) is 10.5. The summed E-state index contributed by atoms with van der Waals surface area (Å²) in [5.41, 5.74) is 3.27. The Labute approximate surface area is 211 Å². The van der Waals surface area contributed by atoms with Gasteiger partial charge >= 0.3 is 0 Å². The Morgan fingerprint density at radius 1 is 1.29 bits per heavy atom. The minimum Gasteiger partial charge on any atom is -0.490 e. The monoisotopic (exact) mass is 496 g/mol. The van der Waals surface area contributed by atoms with Crippen LogP contribution in [0.5, 0.6) is 0 Å². The van der Waals surface area contributed by atoms with Crippen LogP contribution in [0.1, 0.15) is 81.7 Å². The molecule has 0 aliphatic heterocycles. The number of aromatic nitrogens is 2. The van der Waals surface area contributed by atoms with Crippen LogP contribution in [0.2, 0.25) is 0 Å². The van der Waals surface area contributed by atoms with Crippen LogP contribution < -0.4 is 0 Å². The zero-order chi connectivity index (χ0) is 24.7. The lowest BCUT2D eigenvalue weighted by Crippen LogP contribution is -2.40. The third kappa shape index (κ3) is 4.36. The van der Waals surface area contributed by atoms with Gasteiger partial charge in [0.05, 0.1) is 17.1 Å². The van der Waals surface area contributed by atoms with E-state index in [4.69, 9.17) is 25.8 Å². The van der Waals surface area contributed by atoms with Gasteiger partial charge in [0.2, 0.25) is 11.7 Å². The lowest BCUT2D eigenvalue weighted by atomic mass is 9.58. The molecule has 0 spiro atoms. The quantitative estimate of drug-likeness (QED) is 0.502. The molecule has 0 saturated heterocycles. The fourth-order valence-corrected chi connectivity index (χ4v) is 6.79. The molecule has 1 saturated carbocycles. The minimum atomic E-state index is -0.188. The number of fused-ring (bicyclic) bond motifs is 3. The van der Waals surface area contributed by atoms with E-state index < -0.39 is 0 Å². The normalized spacial score (nSPS) is 27.9. The number of aliphatic hydroxyl groups excluding tert-OH is 1. The van der Waals surface area contributed by atoms with Crippen LogP contribution in [-0.4, -0.2) is 33.7 Å². The van der Waals surface area contributed by atoms with Crippen molar-refractivity contribution < 1.29 is 19.2 Å². The third-order valence-electron chi connectivity index (χ3n) is 8.01. The number of ketones is 1. The number of allylic oxidation sites excluding steroid dienone is 3. The molecular weight excluding hydrogens is 464 g/mol. The van der Waals surface area contributed by atoms with Gasteiger partial charge in [-0.3, -0.25) is 4.79 Å². The number of nitrogens with zero attached hydrogens (tertiary/aromatic N) is 2. The van der Waals surface area contributed by atoms with E-state index in [0.717, 1.165) is 18.4 Å². The SMILES string of the molecule is CCC1(CCO)CC(=O)CC2Cc3c(-c4noc(C5C=CC(OC(C)C)=C(Cl)C5)n4)cccc3C21. The number of rotatable bonds is 7. The highest BCUT2D eigenvalue weighted by atomic mass is 35.5. The second-order valence-corrected chi connectivity index (χ2v) is 10.9. The van der Waals surface area contributed by atoms with Gasteiger partial charge < -0.3 is 14.4 Å². The number of benzene rings is 1. The van der Waals surface area contributed by atoms with Crippen molar-refractivity contribution in [2.45, 2.75) is 77.2 Å². The number of aliphatic hydroxyl groups is 1. The Bertz CT molecular complexity index is 1180. The smallest absolute Gasteiger partial charge is 0.234 e. The van der Waals surface area contributed by atoms with Crippen LogP contribution >= 0.6 is 11.6 Å². The lowest BCUT2D eigenvalue weighted by Gasteiger charge is -2.45. The van der Waals surface area contributed by atoms with Crippen LogP contribution in [0.25, 0.3) is 11.4 Å². The lowest BCUT2D eigenvalue weighted by molar-refractivity contribution is -0.127. The molecule has 1 heterocycles. The van der Waals surface area contributed by atoms with Gasteiger partial charge in [0.15, 0.2) is 0 Å². The molecule has 0 radical (unpaired) electrons. The molecular formula is C28H33ClN2O4. The summed E-state index contributed by atoms with van der Waals surface area (Å²) in [6, 6.07) is 6.29. The van der Waals surface area contributed by atoms with Crippen molar-refractivity contribution in [3.8, 4) is 11.4 Å². The zero-order valence-corrected chi connectivity index (χ0v) is 21.3. The van der Waals surface area contributed by atoms with E-state index in [-0.39, 0.29) is 35.9 Å². The van der Waals surface area contributed by atoms with Crippen molar-refractivity contribution >= 4 is 17.4 Å². The zero-order valence-electron chi connectivity index (χ0n) is 20.6. The highest BCUT2D eigenvalue weighted by Crippen LogP contribution is 2.59.